The molecule has 0 heterocycles. The molecule has 0 aliphatic heterocycles. The average molecular weight is 273 g/mol. The van der Waals surface area contributed by atoms with Gasteiger partial charge in [0.15, 0.2) is 0 Å². The molecule has 0 aromatic carbocycles. The molecule has 2 N–H and O–H groups in total. The first-order chi connectivity index (χ1) is 9.00. The molecule has 1 aliphatic rings. The van der Waals surface area contributed by atoms with Gasteiger partial charge in [0.1, 0.15) is 0 Å². The Hall–Kier alpha value is -0.160. The second-order valence-electron chi connectivity index (χ2n) is 6.08. The van der Waals surface area contributed by atoms with E-state index < -0.39 is 6.10 Å². The van der Waals surface area contributed by atoms with Crippen molar-refractivity contribution in [2.75, 3.05) is 26.4 Å². The molecule has 0 amide bonds. The van der Waals surface area contributed by atoms with Crippen molar-refractivity contribution in [2.24, 2.45) is 11.8 Å². The van der Waals surface area contributed by atoms with Crippen LogP contribution in [0.1, 0.15) is 40.5 Å². The van der Waals surface area contributed by atoms with Gasteiger partial charge in [0.05, 0.1) is 32.0 Å². The summed E-state index contributed by atoms with van der Waals surface area (Å²) < 4.78 is 10.8. The summed E-state index contributed by atoms with van der Waals surface area (Å²) in [7, 11) is 0. The Morgan fingerprint density at radius 2 is 1.95 bits per heavy atom. The largest absolute Gasteiger partial charge is 0.389 e. The third-order valence-corrected chi connectivity index (χ3v) is 4.07. The molecule has 4 heteroatoms. The Morgan fingerprint density at radius 1 is 1.21 bits per heavy atom. The van der Waals surface area contributed by atoms with Gasteiger partial charge in [-0.2, -0.15) is 0 Å². The van der Waals surface area contributed by atoms with Gasteiger partial charge >= 0.3 is 0 Å². The van der Waals surface area contributed by atoms with Crippen LogP contribution in [-0.2, 0) is 9.47 Å². The van der Waals surface area contributed by atoms with Crippen molar-refractivity contribution in [2.45, 2.75) is 58.8 Å². The van der Waals surface area contributed by atoms with Gasteiger partial charge in [0.2, 0.25) is 0 Å². The van der Waals surface area contributed by atoms with E-state index in [0.717, 1.165) is 5.92 Å². The molecule has 19 heavy (non-hydrogen) atoms. The van der Waals surface area contributed by atoms with Gasteiger partial charge in [-0.3, -0.25) is 0 Å². The van der Waals surface area contributed by atoms with Crippen molar-refractivity contribution < 1.29 is 14.6 Å². The summed E-state index contributed by atoms with van der Waals surface area (Å²) in [6.45, 7) is 10.7. The van der Waals surface area contributed by atoms with Gasteiger partial charge in [-0.15, -0.1) is 0 Å². The predicted octanol–water partition coefficient (Wildman–Crippen LogP) is 1.81. The summed E-state index contributed by atoms with van der Waals surface area (Å²) >= 11 is 0. The van der Waals surface area contributed by atoms with Gasteiger partial charge in [-0.05, 0) is 38.5 Å². The molecule has 0 bridgehead atoms. The summed E-state index contributed by atoms with van der Waals surface area (Å²) in [5.74, 6) is 1.49. The van der Waals surface area contributed by atoms with Crippen molar-refractivity contribution in [3.05, 3.63) is 0 Å². The molecule has 1 saturated carbocycles. The number of nitrogens with one attached hydrogen (secondary N) is 1. The van der Waals surface area contributed by atoms with Crippen LogP contribution in [0, 0.1) is 11.8 Å². The zero-order valence-corrected chi connectivity index (χ0v) is 12.9. The van der Waals surface area contributed by atoms with Crippen LogP contribution in [0.2, 0.25) is 0 Å². The normalized spacial score (nSPS) is 29.1. The molecule has 0 spiro atoms. The SMILES string of the molecule is CC(C)OCCOCC(O)CNC1CCC(C)C1C. The van der Waals surface area contributed by atoms with E-state index in [0.29, 0.717) is 38.3 Å². The Balaban J connectivity index is 2.00. The minimum atomic E-state index is -0.429. The quantitative estimate of drug-likeness (QED) is 0.629. The van der Waals surface area contributed by atoms with Crippen molar-refractivity contribution in [3.8, 4) is 0 Å². The van der Waals surface area contributed by atoms with Crippen LogP contribution in [0.4, 0.5) is 0 Å². The fourth-order valence-electron chi connectivity index (χ4n) is 2.56. The van der Waals surface area contributed by atoms with Crippen LogP contribution in [-0.4, -0.2) is 49.7 Å². The molecular weight excluding hydrogens is 242 g/mol. The molecule has 0 saturated heterocycles. The molecule has 4 unspecified atom stereocenters. The van der Waals surface area contributed by atoms with E-state index >= 15 is 0 Å². The summed E-state index contributed by atoms with van der Waals surface area (Å²) in [6.07, 6.45) is 2.32. The molecule has 4 atom stereocenters. The summed E-state index contributed by atoms with van der Waals surface area (Å²) in [5, 5.41) is 13.3. The topological polar surface area (TPSA) is 50.7 Å². The van der Waals surface area contributed by atoms with E-state index in [1.54, 1.807) is 0 Å². The Labute approximate surface area is 117 Å². The molecule has 0 radical (unpaired) electrons. The molecule has 1 rings (SSSR count). The molecule has 1 fully saturated rings. The smallest absolute Gasteiger partial charge is 0.0897 e. The monoisotopic (exact) mass is 273 g/mol. The summed E-state index contributed by atoms with van der Waals surface area (Å²) in [6, 6.07) is 0.550. The summed E-state index contributed by atoms with van der Waals surface area (Å²) in [5.41, 5.74) is 0. The third-order valence-electron chi connectivity index (χ3n) is 4.07. The lowest BCUT2D eigenvalue weighted by atomic mass is 9.98. The lowest BCUT2D eigenvalue weighted by molar-refractivity contribution is -0.0107. The highest BCUT2D eigenvalue weighted by molar-refractivity contribution is 4.85. The highest BCUT2D eigenvalue weighted by Gasteiger charge is 2.29. The Kier molecular flexibility index (Phi) is 7.91. The number of hydrogen-bond donors (Lipinski definition) is 2. The Morgan fingerprint density at radius 3 is 2.53 bits per heavy atom. The van der Waals surface area contributed by atoms with Gasteiger partial charge in [-0.1, -0.05) is 13.8 Å². The molecule has 1 aliphatic carbocycles. The highest BCUT2D eigenvalue weighted by Crippen LogP contribution is 2.30. The fraction of sp³-hybridized carbons (Fsp3) is 1.00. The zero-order valence-electron chi connectivity index (χ0n) is 12.9. The number of aliphatic hydroxyl groups is 1. The minimum absolute atomic E-state index is 0.237. The van der Waals surface area contributed by atoms with E-state index in [9.17, 15) is 5.11 Å². The first-order valence-electron chi connectivity index (χ1n) is 7.61. The van der Waals surface area contributed by atoms with Crippen LogP contribution in [0.15, 0.2) is 0 Å². The van der Waals surface area contributed by atoms with E-state index in [4.69, 9.17) is 9.47 Å². The van der Waals surface area contributed by atoms with Crippen LogP contribution in [0.3, 0.4) is 0 Å². The molecule has 4 nitrogen and oxygen atoms in total. The first-order valence-corrected chi connectivity index (χ1v) is 7.61. The average Bonchev–Trinajstić information content (AvgIpc) is 2.67. The Bertz CT molecular complexity index is 235. The maximum atomic E-state index is 9.84. The number of ether oxygens (including phenoxy) is 2. The van der Waals surface area contributed by atoms with Gasteiger partial charge < -0.3 is 19.9 Å². The van der Waals surface area contributed by atoms with E-state index in [-0.39, 0.29) is 6.10 Å². The van der Waals surface area contributed by atoms with Crippen molar-refractivity contribution in [1.29, 1.82) is 0 Å². The summed E-state index contributed by atoms with van der Waals surface area (Å²) in [4.78, 5) is 0. The number of rotatable bonds is 9. The van der Waals surface area contributed by atoms with Crippen molar-refractivity contribution in [1.82, 2.24) is 5.32 Å². The maximum absolute atomic E-state index is 9.84. The van der Waals surface area contributed by atoms with Gasteiger partial charge in [0, 0.05) is 12.6 Å². The molecule has 0 aromatic heterocycles. The van der Waals surface area contributed by atoms with Crippen LogP contribution < -0.4 is 5.32 Å². The molecule has 114 valence electrons. The fourth-order valence-corrected chi connectivity index (χ4v) is 2.56. The zero-order chi connectivity index (χ0) is 14.3. The second kappa shape index (κ2) is 8.90. The first kappa shape index (κ1) is 16.9. The minimum Gasteiger partial charge on any atom is -0.389 e. The van der Waals surface area contributed by atoms with Crippen LogP contribution >= 0.6 is 0 Å². The van der Waals surface area contributed by atoms with Gasteiger partial charge in [0.25, 0.3) is 0 Å². The van der Waals surface area contributed by atoms with E-state index in [1.807, 2.05) is 13.8 Å². The third kappa shape index (κ3) is 6.70. The standard InChI is InChI=1S/C15H31NO3/c1-11(2)19-8-7-18-10-14(17)9-16-15-6-5-12(3)13(15)4/h11-17H,5-10H2,1-4H3. The molecule has 0 aromatic rings. The van der Waals surface area contributed by atoms with E-state index in [1.165, 1.54) is 12.8 Å². The van der Waals surface area contributed by atoms with Crippen molar-refractivity contribution >= 4 is 0 Å². The lowest BCUT2D eigenvalue weighted by Crippen LogP contribution is -2.39. The lowest BCUT2D eigenvalue weighted by Gasteiger charge is -2.21. The molecular formula is C15H31NO3. The van der Waals surface area contributed by atoms with Crippen LogP contribution in [0.25, 0.3) is 0 Å². The highest BCUT2D eigenvalue weighted by atomic mass is 16.5. The number of aliphatic hydroxyl groups excluding tert-OH is 1. The second-order valence-corrected chi connectivity index (χ2v) is 6.08. The predicted molar refractivity (Wildman–Crippen MR) is 77.3 cm³/mol. The maximum Gasteiger partial charge on any atom is 0.0897 e. The van der Waals surface area contributed by atoms with Crippen LogP contribution in [0.5, 0.6) is 0 Å². The van der Waals surface area contributed by atoms with E-state index in [2.05, 4.69) is 19.2 Å². The number of hydrogen-bond acceptors (Lipinski definition) is 4. The van der Waals surface area contributed by atoms with Gasteiger partial charge in [-0.25, -0.2) is 0 Å². The van der Waals surface area contributed by atoms with Crippen molar-refractivity contribution in [3.63, 3.8) is 0 Å².